The first-order valence-electron chi connectivity index (χ1n) is 9.38. The highest BCUT2D eigenvalue weighted by Crippen LogP contribution is 2.25. The van der Waals surface area contributed by atoms with Crippen LogP contribution >= 0.6 is 9.24 Å². The summed E-state index contributed by atoms with van der Waals surface area (Å²) in [5.74, 6) is 0.0417. The van der Waals surface area contributed by atoms with Gasteiger partial charge in [0, 0.05) is 17.3 Å². The normalized spacial score (nSPS) is 11.2. The van der Waals surface area contributed by atoms with E-state index in [-0.39, 0.29) is 5.91 Å². The molecule has 2 heterocycles. The number of benzene rings is 2. The topological polar surface area (TPSA) is 112 Å². The third-order valence-electron chi connectivity index (χ3n) is 4.68. The van der Waals surface area contributed by atoms with Crippen LogP contribution in [0, 0.1) is 6.92 Å². The van der Waals surface area contributed by atoms with E-state index in [1.807, 2.05) is 36.7 Å². The number of anilines is 2. The quantitative estimate of drug-likeness (QED) is 0.166. The highest BCUT2D eigenvalue weighted by molar-refractivity contribution is 7.28. The minimum atomic E-state index is -0.250. The summed E-state index contributed by atoms with van der Waals surface area (Å²) in [6.07, 6.45) is 4.64. The number of imidazole rings is 1. The van der Waals surface area contributed by atoms with E-state index in [4.69, 9.17) is 5.21 Å². The maximum absolute atomic E-state index is 12.3. The lowest BCUT2D eigenvalue weighted by Gasteiger charge is -2.08. The van der Waals surface area contributed by atoms with E-state index in [9.17, 15) is 10.0 Å². The second-order valence-corrected chi connectivity index (χ2v) is 7.58. The minimum absolute atomic E-state index is 0.250. The number of carbonyl (C=O) groups excluding carboxylic acids is 1. The number of nitrogens with zero attached hydrogens (tertiary/aromatic N) is 3. The monoisotopic (exact) mass is 433 g/mol. The van der Waals surface area contributed by atoms with Gasteiger partial charge < -0.3 is 10.5 Å². The Kier molecular flexibility index (Phi) is 5.66. The fourth-order valence-corrected chi connectivity index (χ4v) is 3.47. The summed E-state index contributed by atoms with van der Waals surface area (Å²) < 4.78 is 0.911. The zero-order chi connectivity index (χ0) is 22.0. The van der Waals surface area contributed by atoms with Crippen molar-refractivity contribution in [1.29, 1.82) is 0 Å². The van der Waals surface area contributed by atoms with Gasteiger partial charge in [-0.3, -0.25) is 15.5 Å². The van der Waals surface area contributed by atoms with Gasteiger partial charge >= 0.3 is 0 Å². The Morgan fingerprint density at radius 2 is 1.90 bits per heavy atom. The molecule has 4 rings (SSSR count). The molecule has 0 fully saturated rings. The van der Waals surface area contributed by atoms with E-state index in [0.29, 0.717) is 33.9 Å². The lowest BCUT2D eigenvalue weighted by Crippen LogP contribution is -2.10. The van der Waals surface area contributed by atoms with Crippen molar-refractivity contribution in [3.8, 4) is 11.4 Å². The smallest absolute Gasteiger partial charge is 0.248 e. The number of carbonyl (C=O) groups is 1. The Balaban J connectivity index is 1.54. The van der Waals surface area contributed by atoms with Gasteiger partial charge in [-0.05, 0) is 48.1 Å². The van der Waals surface area contributed by atoms with Crippen LogP contribution in [-0.2, 0) is 4.79 Å². The highest BCUT2D eigenvalue weighted by atomic mass is 31.0. The zero-order valence-corrected chi connectivity index (χ0v) is 17.7. The molecule has 4 N–H and O–H groups in total. The van der Waals surface area contributed by atoms with Crippen LogP contribution in [0.25, 0.3) is 28.6 Å². The van der Waals surface area contributed by atoms with Crippen molar-refractivity contribution in [1.82, 2.24) is 14.7 Å². The molecule has 31 heavy (non-hydrogen) atoms. The van der Waals surface area contributed by atoms with Crippen molar-refractivity contribution in [2.45, 2.75) is 6.92 Å². The van der Waals surface area contributed by atoms with Crippen LogP contribution < -0.4 is 16.1 Å². The average molecular weight is 433 g/mol. The maximum Gasteiger partial charge on any atom is 0.248 e. The van der Waals surface area contributed by atoms with Crippen LogP contribution in [0.2, 0.25) is 0 Å². The standard InChI is InChI=1S/C22H20N5O3P/c1-13-2-4-14(5-3-13)6-9-20(28)24-15-7-8-17(19(31)11-15)22-25-21-18(27(22)30)10-16(26-29)12-23-21/h2-12,26,29-30H,31H2,1H3,(H,24,28)/b9-6+. The molecule has 156 valence electrons. The summed E-state index contributed by atoms with van der Waals surface area (Å²) >= 11 is 0. The second-order valence-electron chi connectivity index (χ2n) is 6.96. The number of hydrogen-bond donors (Lipinski definition) is 4. The van der Waals surface area contributed by atoms with Crippen LogP contribution in [-0.4, -0.2) is 31.0 Å². The molecular formula is C22H20N5O3P. The Bertz CT molecular complexity index is 1300. The molecule has 0 aliphatic carbocycles. The Hall–Kier alpha value is -3.74. The number of nitrogens with one attached hydrogen (secondary N) is 2. The second kappa shape index (κ2) is 8.55. The van der Waals surface area contributed by atoms with Gasteiger partial charge in [-0.15, -0.1) is 9.24 Å². The summed E-state index contributed by atoms with van der Waals surface area (Å²) in [7, 11) is 2.58. The lowest BCUT2D eigenvalue weighted by molar-refractivity contribution is -0.111. The molecule has 8 nitrogen and oxygen atoms in total. The Morgan fingerprint density at radius 1 is 1.13 bits per heavy atom. The van der Waals surface area contributed by atoms with Crippen LogP contribution in [0.4, 0.5) is 11.4 Å². The lowest BCUT2D eigenvalue weighted by atomic mass is 10.1. The molecule has 4 aromatic rings. The first kappa shape index (κ1) is 20.5. The molecule has 0 saturated heterocycles. The SMILES string of the molecule is Cc1ccc(/C=C/C(=O)Nc2ccc(-c3nc4ncc(NO)cc4n3O)c(P)c2)cc1. The van der Waals surface area contributed by atoms with Gasteiger partial charge in [-0.1, -0.05) is 29.8 Å². The maximum atomic E-state index is 12.3. The van der Waals surface area contributed by atoms with E-state index >= 15 is 0 Å². The number of pyridine rings is 1. The van der Waals surface area contributed by atoms with Crippen LogP contribution in [0.1, 0.15) is 11.1 Å². The fourth-order valence-electron chi connectivity index (χ4n) is 3.06. The van der Waals surface area contributed by atoms with Crippen molar-refractivity contribution in [2.75, 3.05) is 10.8 Å². The summed E-state index contributed by atoms with van der Waals surface area (Å²) in [4.78, 5) is 20.7. The Morgan fingerprint density at radius 3 is 2.61 bits per heavy atom. The minimum Gasteiger partial charge on any atom is -0.426 e. The molecule has 0 aliphatic rings. The molecule has 0 aliphatic heterocycles. The van der Waals surface area contributed by atoms with Crippen LogP contribution in [0.5, 0.6) is 0 Å². The van der Waals surface area contributed by atoms with Crippen molar-refractivity contribution in [2.24, 2.45) is 0 Å². The van der Waals surface area contributed by atoms with Gasteiger partial charge in [0.25, 0.3) is 0 Å². The molecule has 0 radical (unpaired) electrons. The van der Waals surface area contributed by atoms with E-state index in [1.165, 1.54) is 18.3 Å². The predicted molar refractivity (Wildman–Crippen MR) is 124 cm³/mol. The molecule has 0 bridgehead atoms. The first-order chi connectivity index (χ1) is 14.9. The van der Waals surface area contributed by atoms with E-state index in [1.54, 1.807) is 24.3 Å². The van der Waals surface area contributed by atoms with Gasteiger partial charge in [0.1, 0.15) is 5.52 Å². The summed E-state index contributed by atoms with van der Waals surface area (Å²) in [5.41, 5.74) is 6.36. The number of aromatic nitrogens is 3. The van der Waals surface area contributed by atoms with E-state index < -0.39 is 0 Å². The number of fused-ring (bicyclic) bond motifs is 1. The van der Waals surface area contributed by atoms with Crippen molar-refractivity contribution in [3.63, 3.8) is 0 Å². The fraction of sp³-hybridized carbons (Fsp3) is 0.0455. The van der Waals surface area contributed by atoms with Gasteiger partial charge in [-0.2, -0.15) is 4.73 Å². The summed E-state index contributed by atoms with van der Waals surface area (Å²) in [6.45, 7) is 2.01. The number of amides is 1. The van der Waals surface area contributed by atoms with Gasteiger partial charge in [-0.25, -0.2) is 9.97 Å². The molecule has 0 spiro atoms. The van der Waals surface area contributed by atoms with Gasteiger partial charge in [0.15, 0.2) is 11.5 Å². The first-order valence-corrected chi connectivity index (χ1v) is 9.96. The third kappa shape index (κ3) is 4.40. The van der Waals surface area contributed by atoms with Gasteiger partial charge in [0.2, 0.25) is 5.91 Å². The third-order valence-corrected chi connectivity index (χ3v) is 5.16. The number of aryl methyl sites for hydroxylation is 1. The van der Waals surface area contributed by atoms with Crippen molar-refractivity contribution in [3.05, 3.63) is 71.9 Å². The predicted octanol–water partition coefficient (Wildman–Crippen LogP) is 3.60. The molecule has 2 aromatic heterocycles. The van der Waals surface area contributed by atoms with Crippen molar-refractivity contribution < 1.29 is 15.2 Å². The molecule has 1 atom stereocenters. The van der Waals surface area contributed by atoms with E-state index in [0.717, 1.165) is 21.2 Å². The number of rotatable bonds is 5. The molecule has 9 heteroatoms. The van der Waals surface area contributed by atoms with Crippen LogP contribution in [0.15, 0.2) is 60.8 Å². The summed E-state index contributed by atoms with van der Waals surface area (Å²) in [5, 5.41) is 23.1. The van der Waals surface area contributed by atoms with Crippen molar-refractivity contribution >= 4 is 49.1 Å². The molecule has 2 aromatic carbocycles. The van der Waals surface area contributed by atoms with Crippen LogP contribution in [0.3, 0.4) is 0 Å². The molecule has 1 unspecified atom stereocenters. The van der Waals surface area contributed by atoms with Gasteiger partial charge in [0.05, 0.1) is 11.9 Å². The largest absolute Gasteiger partial charge is 0.426 e. The summed E-state index contributed by atoms with van der Waals surface area (Å²) in [6, 6.07) is 14.6. The zero-order valence-electron chi connectivity index (χ0n) is 16.6. The molecule has 1 amide bonds. The number of hydrogen-bond acceptors (Lipinski definition) is 6. The molecular weight excluding hydrogens is 413 g/mol. The molecule has 0 saturated carbocycles. The average Bonchev–Trinajstić information content (AvgIpc) is 3.09. The van der Waals surface area contributed by atoms with E-state index in [2.05, 4.69) is 24.5 Å². The Labute approximate surface area is 180 Å². The highest BCUT2D eigenvalue weighted by Gasteiger charge is 2.16.